The van der Waals surface area contributed by atoms with Crippen molar-refractivity contribution in [3.63, 3.8) is 0 Å². The monoisotopic (exact) mass is 304 g/mol. The van der Waals surface area contributed by atoms with E-state index >= 15 is 0 Å². The number of Topliss-reactive ketones (excluding diaryl/α,β-unsaturated/α-hetero) is 1. The second kappa shape index (κ2) is 3.80. The first-order chi connectivity index (χ1) is 10.3. The zero-order chi connectivity index (χ0) is 15.4. The van der Waals surface area contributed by atoms with Crippen LogP contribution < -0.4 is 0 Å². The van der Waals surface area contributed by atoms with Gasteiger partial charge in [0.15, 0.2) is 5.79 Å². The van der Waals surface area contributed by atoms with Crippen LogP contribution in [0.3, 0.4) is 0 Å². The highest BCUT2D eigenvalue weighted by Gasteiger charge is 2.73. The Morgan fingerprint density at radius 3 is 2.68 bits per heavy atom. The van der Waals surface area contributed by atoms with Gasteiger partial charge in [-0.05, 0) is 56.3 Å². The number of carbonyl (C=O) groups is 1. The summed E-state index contributed by atoms with van der Waals surface area (Å²) in [6, 6.07) is 0. The number of fused-ring (bicyclic) bond motifs is 3. The van der Waals surface area contributed by atoms with Crippen molar-refractivity contribution in [2.75, 3.05) is 0 Å². The molecule has 2 saturated heterocycles. The van der Waals surface area contributed by atoms with Crippen LogP contribution in [0.5, 0.6) is 0 Å². The van der Waals surface area contributed by atoms with Crippen molar-refractivity contribution < 1.29 is 14.6 Å². The van der Waals surface area contributed by atoms with Gasteiger partial charge in [0.2, 0.25) is 0 Å². The Kier molecular flexibility index (Phi) is 2.42. The number of aliphatic hydroxyl groups is 1. The van der Waals surface area contributed by atoms with Crippen LogP contribution >= 0.6 is 0 Å². The summed E-state index contributed by atoms with van der Waals surface area (Å²) < 4.78 is 6.57. The van der Waals surface area contributed by atoms with Gasteiger partial charge < -0.3 is 9.84 Å². The molecule has 6 rings (SSSR count). The first-order valence-corrected chi connectivity index (χ1v) is 9.29. The summed E-state index contributed by atoms with van der Waals surface area (Å²) in [5, 5.41) is 10.9. The quantitative estimate of drug-likeness (QED) is 0.745. The lowest BCUT2D eigenvalue weighted by molar-refractivity contribution is -0.416. The van der Waals surface area contributed by atoms with E-state index in [9.17, 15) is 9.90 Å². The molecule has 3 nitrogen and oxygen atoms in total. The second-order valence-corrected chi connectivity index (χ2v) is 9.43. The molecule has 0 amide bonds. The lowest BCUT2D eigenvalue weighted by atomic mass is 9.41. The molecule has 22 heavy (non-hydrogen) atoms. The van der Waals surface area contributed by atoms with Crippen molar-refractivity contribution in [1.82, 2.24) is 0 Å². The molecular weight excluding hydrogens is 276 g/mol. The fourth-order valence-corrected chi connectivity index (χ4v) is 7.57. The number of rotatable bonds is 0. The van der Waals surface area contributed by atoms with Gasteiger partial charge in [0.05, 0.1) is 5.60 Å². The summed E-state index contributed by atoms with van der Waals surface area (Å²) >= 11 is 0. The van der Waals surface area contributed by atoms with E-state index in [-0.39, 0.29) is 16.4 Å². The molecule has 1 N–H and O–H groups in total. The molecule has 4 saturated carbocycles. The summed E-state index contributed by atoms with van der Waals surface area (Å²) in [5.74, 6) is 1.18. The standard InChI is InChI=1S/C19H28O3/c1-16-7-10-19-14(13(16)5-6-15(16)20)4-3-12-11-18(21,22-19)9-8-17(12,19)2/h12-14,21H,3-11H2,1-2H3/t12?,13?,14?,16-,17-,18+,19?/m0/s1. The first-order valence-electron chi connectivity index (χ1n) is 9.29. The summed E-state index contributed by atoms with van der Waals surface area (Å²) in [6.07, 6.45) is 8.90. The molecule has 0 aromatic heterocycles. The summed E-state index contributed by atoms with van der Waals surface area (Å²) in [7, 11) is 0. The fraction of sp³-hybridized carbons (Fsp3) is 0.947. The predicted octanol–water partition coefficient (Wildman–Crippen LogP) is 3.44. The predicted molar refractivity (Wildman–Crippen MR) is 82.0 cm³/mol. The van der Waals surface area contributed by atoms with Gasteiger partial charge in [-0.25, -0.2) is 0 Å². The largest absolute Gasteiger partial charge is 0.365 e. The molecule has 4 aliphatic carbocycles. The van der Waals surface area contributed by atoms with Crippen LogP contribution in [0.2, 0.25) is 0 Å². The number of ketones is 1. The SMILES string of the molecule is C[C@]12CC[C@]3(O)CC1CCC1C4CCC(=O)[C@@]4(C)CCC12O3. The molecule has 6 aliphatic rings. The zero-order valence-corrected chi connectivity index (χ0v) is 13.9. The molecule has 4 unspecified atom stereocenters. The Morgan fingerprint density at radius 2 is 1.86 bits per heavy atom. The highest BCUT2D eigenvalue weighted by molar-refractivity contribution is 5.87. The van der Waals surface area contributed by atoms with Crippen molar-refractivity contribution in [3.8, 4) is 0 Å². The maximum atomic E-state index is 12.5. The van der Waals surface area contributed by atoms with Crippen molar-refractivity contribution >= 4 is 5.78 Å². The van der Waals surface area contributed by atoms with Crippen LogP contribution in [0.1, 0.15) is 71.6 Å². The third-order valence-electron chi connectivity index (χ3n) is 8.90. The van der Waals surface area contributed by atoms with Crippen LogP contribution in [0.15, 0.2) is 0 Å². The minimum atomic E-state index is -0.878. The van der Waals surface area contributed by atoms with E-state index in [1.54, 1.807) is 0 Å². The third kappa shape index (κ3) is 1.32. The molecule has 1 spiro atoms. The first kappa shape index (κ1) is 14.0. The summed E-state index contributed by atoms with van der Waals surface area (Å²) in [4.78, 5) is 12.5. The van der Waals surface area contributed by atoms with Crippen molar-refractivity contribution in [1.29, 1.82) is 0 Å². The van der Waals surface area contributed by atoms with Gasteiger partial charge >= 0.3 is 0 Å². The highest BCUT2D eigenvalue weighted by Crippen LogP contribution is 2.73. The van der Waals surface area contributed by atoms with Crippen LogP contribution in [-0.2, 0) is 9.53 Å². The maximum Gasteiger partial charge on any atom is 0.166 e. The molecule has 0 radical (unpaired) electrons. The average molecular weight is 304 g/mol. The molecule has 3 heteroatoms. The highest BCUT2D eigenvalue weighted by atomic mass is 16.6. The van der Waals surface area contributed by atoms with Crippen LogP contribution in [0.4, 0.5) is 0 Å². The number of ether oxygens (including phenoxy) is 1. The minimum absolute atomic E-state index is 0.109. The van der Waals surface area contributed by atoms with Crippen LogP contribution in [0.25, 0.3) is 0 Å². The molecule has 0 aromatic carbocycles. The van der Waals surface area contributed by atoms with Gasteiger partial charge in [-0.15, -0.1) is 0 Å². The van der Waals surface area contributed by atoms with Crippen LogP contribution in [0, 0.1) is 28.6 Å². The van der Waals surface area contributed by atoms with E-state index < -0.39 is 5.79 Å². The van der Waals surface area contributed by atoms with E-state index in [0.717, 1.165) is 44.9 Å². The van der Waals surface area contributed by atoms with E-state index in [1.807, 2.05) is 0 Å². The molecule has 0 aromatic rings. The van der Waals surface area contributed by atoms with Gasteiger partial charge in [-0.2, -0.15) is 0 Å². The van der Waals surface area contributed by atoms with E-state index in [1.165, 1.54) is 12.8 Å². The van der Waals surface area contributed by atoms with Crippen molar-refractivity contribution in [3.05, 3.63) is 0 Å². The Bertz CT molecular complexity index is 559. The summed E-state index contributed by atoms with van der Waals surface area (Å²) in [6.45, 7) is 4.64. The fourth-order valence-electron chi connectivity index (χ4n) is 7.57. The van der Waals surface area contributed by atoms with Gasteiger partial charge in [-0.1, -0.05) is 13.8 Å². The minimum Gasteiger partial charge on any atom is -0.365 e. The van der Waals surface area contributed by atoms with Gasteiger partial charge in [-0.3, -0.25) is 4.79 Å². The molecular formula is C19H28O3. The normalized spacial score (nSPS) is 62.7. The molecule has 7 atom stereocenters. The average Bonchev–Trinajstić information content (AvgIpc) is 2.76. The lowest BCUT2D eigenvalue weighted by Gasteiger charge is -2.72. The Morgan fingerprint density at radius 1 is 1.05 bits per heavy atom. The Balaban J connectivity index is 1.63. The smallest absolute Gasteiger partial charge is 0.166 e. The molecule has 2 aliphatic heterocycles. The van der Waals surface area contributed by atoms with E-state index in [2.05, 4.69) is 13.8 Å². The second-order valence-electron chi connectivity index (χ2n) is 9.43. The topological polar surface area (TPSA) is 46.5 Å². The zero-order valence-electron chi connectivity index (χ0n) is 13.9. The molecule has 6 fully saturated rings. The van der Waals surface area contributed by atoms with Crippen LogP contribution in [-0.4, -0.2) is 22.3 Å². The van der Waals surface area contributed by atoms with E-state index in [0.29, 0.717) is 23.5 Å². The number of carbonyl (C=O) groups excluding carboxylic acids is 1. The number of hydrogen-bond acceptors (Lipinski definition) is 3. The van der Waals surface area contributed by atoms with Gasteiger partial charge in [0, 0.05) is 30.1 Å². The maximum absolute atomic E-state index is 12.5. The van der Waals surface area contributed by atoms with Crippen molar-refractivity contribution in [2.24, 2.45) is 28.6 Å². The third-order valence-corrected chi connectivity index (χ3v) is 8.90. The van der Waals surface area contributed by atoms with Crippen molar-refractivity contribution in [2.45, 2.75) is 83.0 Å². The number of hydrogen-bond donors (Lipinski definition) is 1. The Labute approximate surface area is 132 Å². The summed E-state index contributed by atoms with van der Waals surface area (Å²) in [5.41, 5.74) is -0.0505. The Hall–Kier alpha value is -0.410. The molecule has 2 heterocycles. The van der Waals surface area contributed by atoms with Gasteiger partial charge in [0.25, 0.3) is 0 Å². The molecule has 122 valence electrons. The molecule has 4 bridgehead atoms. The van der Waals surface area contributed by atoms with Gasteiger partial charge in [0.1, 0.15) is 5.78 Å². The van der Waals surface area contributed by atoms with E-state index in [4.69, 9.17) is 4.74 Å². The lowest BCUT2D eigenvalue weighted by Crippen LogP contribution is -2.74.